The van der Waals surface area contributed by atoms with Crippen molar-refractivity contribution in [1.29, 1.82) is 0 Å². The second-order valence-electron chi connectivity index (χ2n) is 4.63. The number of nitrogens with one attached hydrogen (secondary N) is 1. The van der Waals surface area contributed by atoms with Crippen molar-refractivity contribution in [2.75, 3.05) is 18.5 Å². The maximum Gasteiger partial charge on any atom is 0.322 e. The quantitative estimate of drug-likeness (QED) is 0.768. The fraction of sp³-hybridized carbons (Fsp3) is 0.700. The molecule has 1 saturated carbocycles. The molecule has 1 unspecified atom stereocenters. The van der Waals surface area contributed by atoms with E-state index in [1.165, 1.54) is 0 Å². The molecule has 2 fully saturated rings. The van der Waals surface area contributed by atoms with Gasteiger partial charge in [0.25, 0.3) is 5.91 Å². The Bertz CT molecular complexity index is 435. The lowest BCUT2D eigenvalue weighted by molar-refractivity contribution is -0.121. The number of aromatic nitrogens is 2. The maximum atomic E-state index is 11.9. The van der Waals surface area contributed by atoms with Crippen LogP contribution in [0.1, 0.15) is 31.1 Å². The molecule has 1 aliphatic carbocycles. The van der Waals surface area contributed by atoms with Crippen LogP contribution in [0.3, 0.4) is 0 Å². The molecule has 3 rings (SSSR count). The van der Waals surface area contributed by atoms with Crippen LogP contribution in [0.4, 0.5) is 6.01 Å². The summed E-state index contributed by atoms with van der Waals surface area (Å²) in [7, 11) is 0. The van der Waals surface area contributed by atoms with Gasteiger partial charge in [0.1, 0.15) is 5.54 Å². The molecule has 92 valence electrons. The van der Waals surface area contributed by atoms with Gasteiger partial charge in [-0.1, -0.05) is 5.10 Å². The van der Waals surface area contributed by atoms with Gasteiger partial charge in [0.05, 0.1) is 6.61 Å². The van der Waals surface area contributed by atoms with Gasteiger partial charge < -0.3 is 14.9 Å². The summed E-state index contributed by atoms with van der Waals surface area (Å²) in [6.07, 6.45) is 2.65. The average Bonchev–Trinajstić information content (AvgIpc) is 2.89. The van der Waals surface area contributed by atoms with Crippen LogP contribution in [0.15, 0.2) is 4.42 Å². The first kappa shape index (κ1) is 10.7. The third-order valence-electron chi connectivity index (χ3n) is 3.09. The molecule has 0 bridgehead atoms. The molecule has 1 atom stereocenters. The van der Waals surface area contributed by atoms with Gasteiger partial charge in [0.2, 0.25) is 5.89 Å². The first-order valence-electron chi connectivity index (χ1n) is 5.69. The van der Waals surface area contributed by atoms with Crippen molar-refractivity contribution in [3.05, 3.63) is 5.89 Å². The van der Waals surface area contributed by atoms with Crippen LogP contribution in [0.5, 0.6) is 0 Å². The molecule has 17 heavy (non-hydrogen) atoms. The number of nitrogens with two attached hydrogens (primary N) is 1. The van der Waals surface area contributed by atoms with Crippen molar-refractivity contribution in [3.63, 3.8) is 0 Å². The number of anilines is 1. The highest BCUT2D eigenvalue weighted by Crippen LogP contribution is 2.39. The fourth-order valence-corrected chi connectivity index (χ4v) is 1.76. The van der Waals surface area contributed by atoms with Crippen molar-refractivity contribution in [3.8, 4) is 0 Å². The minimum absolute atomic E-state index is 0.119. The summed E-state index contributed by atoms with van der Waals surface area (Å²) in [5.41, 5.74) is 4.92. The first-order chi connectivity index (χ1) is 8.17. The van der Waals surface area contributed by atoms with Crippen molar-refractivity contribution < 1.29 is 13.9 Å². The average molecular weight is 238 g/mol. The smallest absolute Gasteiger partial charge is 0.322 e. The van der Waals surface area contributed by atoms with Gasteiger partial charge in [-0.25, -0.2) is 0 Å². The molecule has 1 aromatic heterocycles. The largest absolute Gasteiger partial charge is 0.408 e. The summed E-state index contributed by atoms with van der Waals surface area (Å²) in [4.78, 5) is 11.9. The molecule has 7 heteroatoms. The number of hydrogen-bond acceptors (Lipinski definition) is 6. The number of nitrogens with zero attached hydrogens (tertiary/aromatic N) is 2. The van der Waals surface area contributed by atoms with E-state index in [0.717, 1.165) is 12.8 Å². The minimum Gasteiger partial charge on any atom is -0.408 e. The second kappa shape index (κ2) is 3.78. The number of carbonyl (C=O) groups is 1. The molecule has 2 heterocycles. The van der Waals surface area contributed by atoms with E-state index >= 15 is 0 Å². The molecule has 1 amide bonds. The summed E-state index contributed by atoms with van der Waals surface area (Å²) >= 11 is 0. The summed E-state index contributed by atoms with van der Waals surface area (Å²) < 4.78 is 10.5. The van der Waals surface area contributed by atoms with E-state index in [1.54, 1.807) is 0 Å². The van der Waals surface area contributed by atoms with Gasteiger partial charge in [-0.05, 0) is 19.3 Å². The summed E-state index contributed by atoms with van der Waals surface area (Å²) in [5, 5.41) is 10.2. The van der Waals surface area contributed by atoms with Crippen molar-refractivity contribution in [2.45, 2.75) is 30.7 Å². The SMILES string of the molecule is NC1(C(=O)Nc2nnc(C3CC3)o2)CCOC1. The third-order valence-corrected chi connectivity index (χ3v) is 3.09. The van der Waals surface area contributed by atoms with E-state index in [0.29, 0.717) is 24.8 Å². The molecule has 1 saturated heterocycles. The van der Waals surface area contributed by atoms with Gasteiger partial charge in [-0.15, -0.1) is 5.10 Å². The lowest BCUT2D eigenvalue weighted by Crippen LogP contribution is -2.51. The number of amides is 1. The Kier molecular flexibility index (Phi) is 2.37. The fourth-order valence-electron chi connectivity index (χ4n) is 1.76. The standard InChI is InChI=1S/C10H14N4O3/c11-10(3-4-16-5-10)8(15)12-9-14-13-7(17-9)6-1-2-6/h6H,1-5,11H2,(H,12,14,15). The third kappa shape index (κ3) is 2.03. The zero-order valence-corrected chi connectivity index (χ0v) is 9.31. The van der Waals surface area contributed by atoms with Crippen molar-refractivity contribution >= 4 is 11.9 Å². The topological polar surface area (TPSA) is 103 Å². The molecule has 3 N–H and O–H groups in total. The molecule has 7 nitrogen and oxygen atoms in total. The van der Waals surface area contributed by atoms with Crippen LogP contribution < -0.4 is 11.1 Å². The van der Waals surface area contributed by atoms with Crippen molar-refractivity contribution in [1.82, 2.24) is 10.2 Å². The van der Waals surface area contributed by atoms with Gasteiger partial charge in [-0.3, -0.25) is 10.1 Å². The Labute approximate surface area is 97.7 Å². The van der Waals surface area contributed by atoms with E-state index in [1.807, 2.05) is 0 Å². The zero-order chi connectivity index (χ0) is 11.9. The van der Waals surface area contributed by atoms with E-state index in [-0.39, 0.29) is 18.5 Å². The highest BCUT2D eigenvalue weighted by molar-refractivity contribution is 5.96. The van der Waals surface area contributed by atoms with Crippen LogP contribution >= 0.6 is 0 Å². The van der Waals surface area contributed by atoms with E-state index in [4.69, 9.17) is 14.9 Å². The molecule has 1 aromatic rings. The van der Waals surface area contributed by atoms with Crippen LogP contribution in [0, 0.1) is 0 Å². The monoisotopic (exact) mass is 238 g/mol. The van der Waals surface area contributed by atoms with E-state index in [2.05, 4.69) is 15.5 Å². The maximum absolute atomic E-state index is 11.9. The Morgan fingerprint density at radius 3 is 2.94 bits per heavy atom. The number of hydrogen-bond donors (Lipinski definition) is 2. The lowest BCUT2D eigenvalue weighted by atomic mass is 10.00. The zero-order valence-electron chi connectivity index (χ0n) is 9.31. The summed E-state index contributed by atoms with van der Waals surface area (Å²) in [5.74, 6) is 0.629. The molecule has 1 aliphatic heterocycles. The van der Waals surface area contributed by atoms with E-state index in [9.17, 15) is 4.79 Å². The normalized spacial score (nSPS) is 28.3. The Morgan fingerprint density at radius 1 is 1.47 bits per heavy atom. The molecule has 2 aliphatic rings. The minimum atomic E-state index is -0.978. The van der Waals surface area contributed by atoms with Gasteiger partial charge in [0, 0.05) is 12.5 Å². The first-order valence-corrected chi connectivity index (χ1v) is 5.69. The van der Waals surface area contributed by atoms with Crippen LogP contribution in [-0.4, -0.2) is 34.9 Å². The molecule has 0 aromatic carbocycles. The Morgan fingerprint density at radius 2 is 2.29 bits per heavy atom. The van der Waals surface area contributed by atoms with Crippen molar-refractivity contribution in [2.24, 2.45) is 5.73 Å². The van der Waals surface area contributed by atoms with Crippen LogP contribution in [0.2, 0.25) is 0 Å². The molecular formula is C10H14N4O3. The summed E-state index contributed by atoms with van der Waals surface area (Å²) in [6.45, 7) is 0.726. The second-order valence-corrected chi connectivity index (χ2v) is 4.63. The molecule has 0 radical (unpaired) electrons. The van der Waals surface area contributed by atoms with E-state index < -0.39 is 5.54 Å². The highest BCUT2D eigenvalue weighted by Gasteiger charge is 2.39. The van der Waals surface area contributed by atoms with Crippen LogP contribution in [-0.2, 0) is 9.53 Å². The van der Waals surface area contributed by atoms with Gasteiger partial charge in [-0.2, -0.15) is 0 Å². The molecular weight excluding hydrogens is 224 g/mol. The predicted molar refractivity (Wildman–Crippen MR) is 57.3 cm³/mol. The van der Waals surface area contributed by atoms with Gasteiger partial charge >= 0.3 is 6.01 Å². The molecule has 0 spiro atoms. The lowest BCUT2D eigenvalue weighted by Gasteiger charge is -2.18. The highest BCUT2D eigenvalue weighted by atomic mass is 16.5. The van der Waals surface area contributed by atoms with Gasteiger partial charge in [0.15, 0.2) is 0 Å². The predicted octanol–water partition coefficient (Wildman–Crippen LogP) is 0.00330. The number of rotatable bonds is 3. The number of ether oxygens (including phenoxy) is 1. The Balaban J connectivity index is 1.66. The Hall–Kier alpha value is -1.47. The number of carbonyl (C=O) groups excluding carboxylic acids is 1. The van der Waals surface area contributed by atoms with Crippen LogP contribution in [0.25, 0.3) is 0 Å². The summed E-state index contributed by atoms with van der Waals surface area (Å²) in [6, 6.07) is 0.119.